The number of nitrogens with zero attached hydrogens (tertiary/aromatic N) is 3. The molecule has 4 heteroatoms. The first-order chi connectivity index (χ1) is 17.3. The van der Waals surface area contributed by atoms with E-state index >= 15 is 0 Å². The predicted octanol–water partition coefficient (Wildman–Crippen LogP) is 7.32. The summed E-state index contributed by atoms with van der Waals surface area (Å²) in [6.45, 7) is 0. The first-order valence-corrected chi connectivity index (χ1v) is 12.5. The molecule has 0 aromatic heterocycles. The average Bonchev–Trinajstić information content (AvgIpc) is 3.30. The van der Waals surface area contributed by atoms with Crippen molar-refractivity contribution in [2.45, 2.75) is 37.8 Å². The van der Waals surface area contributed by atoms with Gasteiger partial charge in [-0.2, -0.15) is 10.1 Å². The number of fused-ring (bicyclic) bond motifs is 3. The molecule has 4 nitrogen and oxygen atoms in total. The summed E-state index contributed by atoms with van der Waals surface area (Å²) in [6.07, 6.45) is 10.8. The van der Waals surface area contributed by atoms with Crippen LogP contribution in [0.4, 0.5) is 5.69 Å². The molecule has 2 heterocycles. The van der Waals surface area contributed by atoms with E-state index < -0.39 is 0 Å². The van der Waals surface area contributed by atoms with Crippen LogP contribution >= 0.6 is 0 Å². The van der Waals surface area contributed by atoms with Gasteiger partial charge in [0, 0.05) is 12.3 Å². The summed E-state index contributed by atoms with van der Waals surface area (Å²) in [7, 11) is 0. The molecule has 1 aliphatic carbocycles. The fourth-order valence-corrected chi connectivity index (χ4v) is 5.36. The third-order valence-electron chi connectivity index (χ3n) is 7.07. The van der Waals surface area contributed by atoms with E-state index in [2.05, 4.69) is 77.8 Å². The molecule has 0 amide bonds. The second-order valence-corrected chi connectivity index (χ2v) is 9.34. The summed E-state index contributed by atoms with van der Waals surface area (Å²) in [4.78, 5) is 4.90. The first-order valence-electron chi connectivity index (χ1n) is 12.5. The average molecular weight is 460 g/mol. The molecule has 0 radical (unpaired) electrons. The van der Waals surface area contributed by atoms with Crippen LogP contribution in [0.1, 0.15) is 42.9 Å². The van der Waals surface area contributed by atoms with E-state index in [9.17, 15) is 0 Å². The number of amidine groups is 1. The lowest BCUT2D eigenvalue weighted by Crippen LogP contribution is -2.45. The van der Waals surface area contributed by atoms with Gasteiger partial charge in [0.05, 0.1) is 17.4 Å². The van der Waals surface area contributed by atoms with Crippen LogP contribution in [0, 0.1) is 5.92 Å². The van der Waals surface area contributed by atoms with Gasteiger partial charge in [-0.1, -0.05) is 97.1 Å². The standard InChI is InChI=1S/C31H29N3O/c1-4-12-23(13-5-1)14-10-17-25-18-11-21-27-28-22-29(24-15-6-2-7-16-24)35-31(34(28)33-30(25)27)32-26-19-8-3-9-20-26/h1-10,12-17,19-20,27-29H,11,18,21-22H2/b14-10+,25-17+,32-31?. The minimum atomic E-state index is -0.0261. The van der Waals surface area contributed by atoms with Crippen LogP contribution in [-0.4, -0.2) is 22.8 Å². The van der Waals surface area contributed by atoms with Crippen molar-refractivity contribution in [2.75, 3.05) is 0 Å². The van der Waals surface area contributed by atoms with Crippen molar-refractivity contribution >= 4 is 23.5 Å². The van der Waals surface area contributed by atoms with Crippen LogP contribution in [0.2, 0.25) is 0 Å². The lowest BCUT2D eigenvalue weighted by Gasteiger charge is -2.38. The minimum Gasteiger partial charge on any atom is -0.455 e. The zero-order valence-electron chi connectivity index (χ0n) is 19.7. The fraction of sp³-hybridized carbons (Fsp3) is 0.226. The third kappa shape index (κ3) is 4.57. The molecule has 1 saturated heterocycles. The van der Waals surface area contributed by atoms with Gasteiger partial charge in [0.25, 0.3) is 0 Å². The summed E-state index contributed by atoms with van der Waals surface area (Å²) >= 11 is 0. The maximum Gasteiger partial charge on any atom is 0.314 e. The molecule has 3 atom stereocenters. The largest absolute Gasteiger partial charge is 0.455 e. The number of hydrogen-bond donors (Lipinski definition) is 0. The molecule has 3 unspecified atom stereocenters. The van der Waals surface area contributed by atoms with Gasteiger partial charge in [0.1, 0.15) is 6.10 Å². The van der Waals surface area contributed by atoms with Gasteiger partial charge in [-0.3, -0.25) is 0 Å². The van der Waals surface area contributed by atoms with Crippen molar-refractivity contribution in [2.24, 2.45) is 16.0 Å². The lowest BCUT2D eigenvalue weighted by molar-refractivity contribution is 0.0541. The van der Waals surface area contributed by atoms with E-state index in [0.717, 1.165) is 24.9 Å². The minimum absolute atomic E-state index is 0.0261. The number of hydrazone groups is 1. The molecule has 0 bridgehead atoms. The summed E-state index contributed by atoms with van der Waals surface area (Å²) in [5, 5.41) is 7.20. The fourth-order valence-electron chi connectivity index (χ4n) is 5.36. The SMILES string of the molecule is C(=C\c1ccccc1)/C=C1\CCCC2C1=NN1C(=Nc3ccccc3)OC(c3ccccc3)CC21. The van der Waals surface area contributed by atoms with Crippen LogP contribution in [0.15, 0.2) is 119 Å². The molecule has 1 saturated carbocycles. The molecule has 3 aromatic rings. The van der Waals surface area contributed by atoms with Crippen molar-refractivity contribution in [3.05, 3.63) is 120 Å². The first kappa shape index (κ1) is 21.6. The van der Waals surface area contributed by atoms with Crippen LogP contribution in [-0.2, 0) is 4.74 Å². The van der Waals surface area contributed by atoms with Gasteiger partial charge >= 0.3 is 6.02 Å². The number of rotatable bonds is 4. The number of ether oxygens (including phenoxy) is 1. The summed E-state index contributed by atoms with van der Waals surface area (Å²) in [6, 6.07) is 31.8. The van der Waals surface area contributed by atoms with Crippen molar-refractivity contribution in [1.29, 1.82) is 0 Å². The van der Waals surface area contributed by atoms with Crippen LogP contribution < -0.4 is 0 Å². The lowest BCUT2D eigenvalue weighted by atomic mass is 9.78. The highest BCUT2D eigenvalue weighted by molar-refractivity contribution is 6.05. The Morgan fingerprint density at radius 3 is 2.37 bits per heavy atom. The Hall–Kier alpha value is -3.92. The van der Waals surface area contributed by atoms with E-state index in [1.54, 1.807) is 0 Å². The number of benzene rings is 3. The molecule has 3 aromatic carbocycles. The monoisotopic (exact) mass is 459 g/mol. The van der Waals surface area contributed by atoms with Crippen molar-refractivity contribution < 1.29 is 4.74 Å². The highest BCUT2D eigenvalue weighted by Gasteiger charge is 2.47. The smallest absolute Gasteiger partial charge is 0.314 e. The van der Waals surface area contributed by atoms with Gasteiger partial charge in [0.2, 0.25) is 0 Å². The maximum absolute atomic E-state index is 6.51. The summed E-state index contributed by atoms with van der Waals surface area (Å²) in [5.74, 6) is 0.399. The predicted molar refractivity (Wildman–Crippen MR) is 142 cm³/mol. The van der Waals surface area contributed by atoms with E-state index in [-0.39, 0.29) is 12.1 Å². The number of para-hydroxylation sites is 1. The molecular weight excluding hydrogens is 430 g/mol. The van der Waals surface area contributed by atoms with Crippen molar-refractivity contribution in [3.63, 3.8) is 0 Å². The van der Waals surface area contributed by atoms with E-state index in [1.807, 2.05) is 36.4 Å². The highest BCUT2D eigenvalue weighted by Crippen LogP contribution is 2.43. The Morgan fingerprint density at radius 2 is 1.60 bits per heavy atom. The van der Waals surface area contributed by atoms with Gasteiger partial charge < -0.3 is 4.74 Å². The second-order valence-electron chi connectivity index (χ2n) is 9.34. The molecule has 2 fully saturated rings. The second kappa shape index (κ2) is 9.75. The zero-order valence-corrected chi connectivity index (χ0v) is 19.7. The van der Waals surface area contributed by atoms with Gasteiger partial charge in [-0.05, 0) is 48.1 Å². The number of allylic oxidation sites excluding steroid dienone is 3. The van der Waals surface area contributed by atoms with Crippen LogP contribution in [0.3, 0.4) is 0 Å². The maximum atomic E-state index is 6.51. The molecular formula is C31H29N3O. The molecule has 35 heavy (non-hydrogen) atoms. The molecule has 0 spiro atoms. The normalized spacial score (nSPS) is 25.9. The van der Waals surface area contributed by atoms with E-state index in [0.29, 0.717) is 11.9 Å². The zero-order chi connectivity index (χ0) is 23.5. The topological polar surface area (TPSA) is 37.2 Å². The summed E-state index contributed by atoms with van der Waals surface area (Å²) < 4.78 is 6.51. The van der Waals surface area contributed by atoms with Crippen molar-refractivity contribution in [3.8, 4) is 0 Å². The van der Waals surface area contributed by atoms with Crippen LogP contribution in [0.5, 0.6) is 0 Å². The highest BCUT2D eigenvalue weighted by atomic mass is 16.5. The quantitative estimate of drug-likeness (QED) is 0.410. The molecule has 2 aliphatic heterocycles. The van der Waals surface area contributed by atoms with E-state index in [1.165, 1.54) is 28.8 Å². The number of hydrogen-bond acceptors (Lipinski definition) is 3. The van der Waals surface area contributed by atoms with E-state index in [4.69, 9.17) is 14.8 Å². The molecule has 3 aliphatic rings. The molecule has 174 valence electrons. The Balaban J connectivity index is 1.34. The van der Waals surface area contributed by atoms with Gasteiger partial charge in [0.15, 0.2) is 0 Å². The van der Waals surface area contributed by atoms with Crippen molar-refractivity contribution in [1.82, 2.24) is 5.01 Å². The van der Waals surface area contributed by atoms with Crippen LogP contribution in [0.25, 0.3) is 6.08 Å². The summed E-state index contributed by atoms with van der Waals surface area (Å²) in [5.41, 5.74) is 5.82. The molecule has 0 N–H and O–H groups in total. The number of aliphatic imine (C=N–C) groups is 1. The Labute approximate surface area is 207 Å². The van der Waals surface area contributed by atoms with Gasteiger partial charge in [-0.25, -0.2) is 5.01 Å². The van der Waals surface area contributed by atoms with Gasteiger partial charge in [-0.15, -0.1) is 0 Å². The Morgan fingerprint density at radius 1 is 0.886 bits per heavy atom. The Bertz CT molecular complexity index is 1280. The Kier molecular flexibility index (Phi) is 6.02. The third-order valence-corrected chi connectivity index (χ3v) is 7.07. The molecule has 6 rings (SSSR count).